The molecule has 0 saturated carbocycles. The molecular weight excluding hydrogens is 360 g/mol. The summed E-state index contributed by atoms with van der Waals surface area (Å²) in [4.78, 5) is 11.7. The molecule has 0 saturated heterocycles. The molecule has 0 heterocycles. The molecule has 0 aliphatic carbocycles. The Balaban J connectivity index is 1.87. The summed E-state index contributed by atoms with van der Waals surface area (Å²) in [7, 11) is 0. The van der Waals surface area contributed by atoms with Crippen LogP contribution in [0.1, 0.15) is 16.7 Å². The SMILES string of the molecule is Cc1cc(C)cc(OCC(=O)N/N=C/c2cc(Br)ccc2O)c1. The molecule has 2 N–H and O–H groups in total. The first-order chi connectivity index (χ1) is 10.9. The predicted octanol–water partition coefficient (Wildman–Crippen LogP) is 3.30. The number of phenolic OH excluding ortho intramolecular Hbond substituents is 1. The zero-order chi connectivity index (χ0) is 16.8. The lowest BCUT2D eigenvalue weighted by Crippen LogP contribution is -2.24. The molecule has 0 aliphatic heterocycles. The minimum Gasteiger partial charge on any atom is -0.507 e. The topological polar surface area (TPSA) is 70.9 Å². The maximum Gasteiger partial charge on any atom is 0.277 e. The third-order valence-electron chi connectivity index (χ3n) is 2.95. The lowest BCUT2D eigenvalue weighted by atomic mass is 10.1. The van der Waals surface area contributed by atoms with Gasteiger partial charge >= 0.3 is 0 Å². The number of ether oxygens (including phenoxy) is 1. The van der Waals surface area contributed by atoms with Crippen LogP contribution in [0.4, 0.5) is 0 Å². The van der Waals surface area contributed by atoms with Gasteiger partial charge in [-0.05, 0) is 55.3 Å². The van der Waals surface area contributed by atoms with E-state index in [2.05, 4.69) is 26.5 Å². The normalized spacial score (nSPS) is 10.7. The van der Waals surface area contributed by atoms with E-state index in [1.54, 1.807) is 12.1 Å². The molecule has 1 amide bonds. The largest absolute Gasteiger partial charge is 0.507 e. The lowest BCUT2D eigenvalue weighted by molar-refractivity contribution is -0.123. The van der Waals surface area contributed by atoms with Crippen molar-refractivity contribution in [3.63, 3.8) is 0 Å². The van der Waals surface area contributed by atoms with Gasteiger partial charge in [0.1, 0.15) is 11.5 Å². The fourth-order valence-corrected chi connectivity index (χ4v) is 2.38. The van der Waals surface area contributed by atoms with Crippen molar-refractivity contribution < 1.29 is 14.6 Å². The molecule has 0 bridgehead atoms. The van der Waals surface area contributed by atoms with Crippen molar-refractivity contribution in [3.8, 4) is 11.5 Å². The number of aryl methyl sites for hydroxylation is 2. The van der Waals surface area contributed by atoms with Gasteiger partial charge in [0.05, 0.1) is 6.21 Å². The number of hydrogen-bond acceptors (Lipinski definition) is 4. The molecule has 2 aromatic rings. The van der Waals surface area contributed by atoms with E-state index in [9.17, 15) is 9.90 Å². The molecule has 23 heavy (non-hydrogen) atoms. The third kappa shape index (κ3) is 5.41. The second-order valence-electron chi connectivity index (χ2n) is 5.11. The number of hydrogen-bond donors (Lipinski definition) is 2. The van der Waals surface area contributed by atoms with E-state index in [4.69, 9.17) is 4.74 Å². The van der Waals surface area contributed by atoms with Crippen molar-refractivity contribution in [3.05, 3.63) is 57.6 Å². The maximum absolute atomic E-state index is 11.7. The highest BCUT2D eigenvalue weighted by molar-refractivity contribution is 9.10. The molecule has 0 atom stereocenters. The number of carbonyl (C=O) groups excluding carboxylic acids is 1. The molecular formula is C17H17BrN2O3. The first-order valence-electron chi connectivity index (χ1n) is 6.95. The summed E-state index contributed by atoms with van der Waals surface area (Å²) in [6.07, 6.45) is 1.37. The Labute approximate surface area is 143 Å². The summed E-state index contributed by atoms with van der Waals surface area (Å²) in [5.41, 5.74) is 5.00. The molecule has 0 unspecified atom stereocenters. The zero-order valence-corrected chi connectivity index (χ0v) is 14.4. The van der Waals surface area contributed by atoms with Gasteiger partial charge in [-0.15, -0.1) is 0 Å². The zero-order valence-electron chi connectivity index (χ0n) is 12.8. The van der Waals surface area contributed by atoms with Crippen LogP contribution in [0.2, 0.25) is 0 Å². The van der Waals surface area contributed by atoms with Crippen LogP contribution in [0.3, 0.4) is 0 Å². The van der Waals surface area contributed by atoms with Gasteiger partial charge < -0.3 is 9.84 Å². The van der Waals surface area contributed by atoms with E-state index in [0.29, 0.717) is 11.3 Å². The smallest absolute Gasteiger partial charge is 0.277 e. The van der Waals surface area contributed by atoms with Crippen LogP contribution in [0.15, 0.2) is 46.0 Å². The van der Waals surface area contributed by atoms with Crippen molar-refractivity contribution >= 4 is 28.1 Å². The van der Waals surface area contributed by atoms with Gasteiger partial charge in [-0.3, -0.25) is 4.79 Å². The van der Waals surface area contributed by atoms with Crippen LogP contribution >= 0.6 is 15.9 Å². The monoisotopic (exact) mass is 376 g/mol. The highest BCUT2D eigenvalue weighted by atomic mass is 79.9. The van der Waals surface area contributed by atoms with E-state index < -0.39 is 0 Å². The van der Waals surface area contributed by atoms with Gasteiger partial charge in [0.25, 0.3) is 5.91 Å². The van der Waals surface area contributed by atoms with Gasteiger partial charge in [-0.1, -0.05) is 22.0 Å². The van der Waals surface area contributed by atoms with Crippen molar-refractivity contribution in [2.24, 2.45) is 5.10 Å². The van der Waals surface area contributed by atoms with Crippen molar-refractivity contribution in [2.45, 2.75) is 13.8 Å². The fraction of sp³-hybridized carbons (Fsp3) is 0.176. The second-order valence-corrected chi connectivity index (χ2v) is 6.02. The number of hydrazone groups is 1. The van der Waals surface area contributed by atoms with E-state index >= 15 is 0 Å². The number of aromatic hydroxyl groups is 1. The first kappa shape index (κ1) is 17.0. The Morgan fingerprint density at radius 2 is 1.96 bits per heavy atom. The number of nitrogens with one attached hydrogen (secondary N) is 1. The molecule has 2 aromatic carbocycles. The van der Waals surface area contributed by atoms with E-state index in [1.807, 2.05) is 32.0 Å². The van der Waals surface area contributed by atoms with E-state index in [0.717, 1.165) is 15.6 Å². The molecule has 5 nitrogen and oxygen atoms in total. The molecule has 6 heteroatoms. The van der Waals surface area contributed by atoms with Crippen LogP contribution in [-0.2, 0) is 4.79 Å². The summed E-state index contributed by atoms with van der Waals surface area (Å²) in [6, 6.07) is 10.7. The predicted molar refractivity (Wildman–Crippen MR) is 93.0 cm³/mol. The standard InChI is InChI=1S/C17H17BrN2O3/c1-11-5-12(2)7-15(6-11)23-10-17(22)20-19-9-13-8-14(18)3-4-16(13)21/h3-9,21H,10H2,1-2H3,(H,20,22)/b19-9+. The van der Waals surface area contributed by atoms with Crippen molar-refractivity contribution in [1.82, 2.24) is 5.43 Å². The van der Waals surface area contributed by atoms with Gasteiger partial charge in [-0.25, -0.2) is 5.43 Å². The Bertz CT molecular complexity index is 724. The summed E-state index contributed by atoms with van der Waals surface area (Å²) in [5, 5.41) is 13.5. The summed E-state index contributed by atoms with van der Waals surface area (Å²) >= 11 is 3.30. The third-order valence-corrected chi connectivity index (χ3v) is 3.44. The van der Waals surface area contributed by atoms with Crippen LogP contribution < -0.4 is 10.2 Å². The minimum atomic E-state index is -0.380. The van der Waals surface area contributed by atoms with Crippen molar-refractivity contribution in [2.75, 3.05) is 6.61 Å². The number of carbonyl (C=O) groups is 1. The molecule has 2 rings (SSSR count). The summed E-state index contributed by atoms with van der Waals surface area (Å²) in [5.74, 6) is 0.346. The summed E-state index contributed by atoms with van der Waals surface area (Å²) in [6.45, 7) is 3.80. The number of nitrogens with zero attached hydrogens (tertiary/aromatic N) is 1. The highest BCUT2D eigenvalue weighted by Crippen LogP contribution is 2.20. The first-order valence-corrected chi connectivity index (χ1v) is 7.75. The fourth-order valence-electron chi connectivity index (χ4n) is 2.00. The van der Waals surface area contributed by atoms with Gasteiger partial charge in [-0.2, -0.15) is 5.10 Å². The number of rotatable bonds is 5. The molecule has 0 aliphatic rings. The number of phenols is 1. The summed E-state index contributed by atoms with van der Waals surface area (Å²) < 4.78 is 6.24. The Morgan fingerprint density at radius 1 is 1.26 bits per heavy atom. The lowest BCUT2D eigenvalue weighted by Gasteiger charge is -2.07. The minimum absolute atomic E-state index is 0.0812. The van der Waals surface area contributed by atoms with Gasteiger partial charge in [0.2, 0.25) is 0 Å². The second kappa shape index (κ2) is 7.78. The van der Waals surface area contributed by atoms with Gasteiger partial charge in [0, 0.05) is 10.0 Å². The Morgan fingerprint density at radius 3 is 2.65 bits per heavy atom. The van der Waals surface area contributed by atoms with Crippen LogP contribution in [-0.4, -0.2) is 23.8 Å². The molecule has 0 aromatic heterocycles. The average Bonchev–Trinajstić information content (AvgIpc) is 2.48. The van der Waals surface area contributed by atoms with Gasteiger partial charge in [0.15, 0.2) is 6.61 Å². The van der Waals surface area contributed by atoms with Crippen LogP contribution in [0.5, 0.6) is 11.5 Å². The number of benzene rings is 2. The van der Waals surface area contributed by atoms with Crippen LogP contribution in [0, 0.1) is 13.8 Å². The Kier molecular flexibility index (Phi) is 5.76. The van der Waals surface area contributed by atoms with E-state index in [-0.39, 0.29) is 18.3 Å². The highest BCUT2D eigenvalue weighted by Gasteiger charge is 2.03. The molecule has 0 spiro atoms. The number of amides is 1. The molecule has 0 fully saturated rings. The maximum atomic E-state index is 11.7. The van der Waals surface area contributed by atoms with Crippen molar-refractivity contribution in [1.29, 1.82) is 0 Å². The molecule has 120 valence electrons. The Hall–Kier alpha value is -2.34. The molecule has 0 radical (unpaired) electrons. The average molecular weight is 377 g/mol. The number of halogens is 1. The van der Waals surface area contributed by atoms with E-state index in [1.165, 1.54) is 12.3 Å². The quantitative estimate of drug-likeness (QED) is 0.621. The van der Waals surface area contributed by atoms with Crippen LogP contribution in [0.25, 0.3) is 0 Å².